The van der Waals surface area contributed by atoms with Gasteiger partial charge < -0.3 is 0 Å². The molecule has 0 fully saturated rings. The molecule has 0 bridgehead atoms. The Bertz CT molecular complexity index is 937. The predicted octanol–water partition coefficient (Wildman–Crippen LogP) is 5.23. The first-order valence-electron chi connectivity index (χ1n) is 9.36. The van der Waals surface area contributed by atoms with E-state index in [4.69, 9.17) is 16.6 Å². The van der Waals surface area contributed by atoms with Gasteiger partial charge in [-0.05, 0) is 56.5 Å². The van der Waals surface area contributed by atoms with Gasteiger partial charge in [-0.15, -0.1) is 0 Å². The summed E-state index contributed by atoms with van der Waals surface area (Å²) in [6, 6.07) is 12.4. The summed E-state index contributed by atoms with van der Waals surface area (Å²) in [6.45, 7) is 5.26. The summed E-state index contributed by atoms with van der Waals surface area (Å²) in [6.07, 6.45) is 3.57. The Balaban J connectivity index is 2.07. The lowest BCUT2D eigenvalue weighted by molar-refractivity contribution is 0.590. The average molecular weight is 405 g/mol. The van der Waals surface area contributed by atoms with Crippen molar-refractivity contribution in [2.75, 3.05) is 17.4 Å². The summed E-state index contributed by atoms with van der Waals surface area (Å²) >= 11 is 6.23. The molecule has 0 unspecified atom stereocenters. The minimum atomic E-state index is -3.64. The first-order valence-corrected chi connectivity index (χ1v) is 11.2. The minimum absolute atomic E-state index is 0.306. The second-order valence-corrected chi connectivity index (χ2v) is 9.14. The molecule has 2 aromatic carbocycles. The van der Waals surface area contributed by atoms with Crippen LogP contribution < -0.4 is 4.31 Å². The third-order valence-corrected chi connectivity index (χ3v) is 6.80. The molecule has 4 nitrogen and oxygen atoms in total. The van der Waals surface area contributed by atoms with E-state index in [2.05, 4.69) is 6.92 Å². The Hall–Kier alpha value is -1.85. The van der Waals surface area contributed by atoms with Crippen LogP contribution in [0.5, 0.6) is 0 Å². The molecular formula is C21H25ClN2O2S. The van der Waals surface area contributed by atoms with Gasteiger partial charge in [-0.2, -0.15) is 0 Å². The maximum atomic E-state index is 13.3. The topological polar surface area (TPSA) is 49.7 Å². The monoisotopic (exact) mass is 404 g/mol. The number of rotatable bonds is 5. The van der Waals surface area contributed by atoms with Crippen LogP contribution in [-0.2, 0) is 10.0 Å². The summed E-state index contributed by atoms with van der Waals surface area (Å²) in [5.41, 5.74) is 3.46. The SMILES string of the molecule is CCCC/N=C1/CCCN(S(=O)(=O)c2ccc(C)cc2)c2ccc(Cl)cc21. The van der Waals surface area contributed by atoms with E-state index in [1.165, 1.54) is 4.31 Å². The zero-order chi connectivity index (χ0) is 19.4. The molecule has 0 amide bonds. The van der Waals surface area contributed by atoms with E-state index in [1.54, 1.807) is 24.3 Å². The van der Waals surface area contributed by atoms with Crippen LogP contribution in [0, 0.1) is 6.92 Å². The molecule has 0 saturated heterocycles. The van der Waals surface area contributed by atoms with Gasteiger partial charge in [-0.25, -0.2) is 8.42 Å². The van der Waals surface area contributed by atoms with Gasteiger partial charge in [-0.1, -0.05) is 42.6 Å². The van der Waals surface area contributed by atoms with Crippen LogP contribution >= 0.6 is 11.6 Å². The molecule has 3 rings (SSSR count). The number of aliphatic imine (C=N–C) groups is 1. The van der Waals surface area contributed by atoms with Crippen molar-refractivity contribution in [2.24, 2.45) is 4.99 Å². The standard InChI is InChI=1S/C21H25ClN2O2S/c1-3-4-13-23-20-6-5-14-24(21-12-9-17(22)15-19(20)21)27(25,26)18-10-7-16(2)8-11-18/h7-12,15H,3-6,13-14H2,1-2H3/b23-20-. The first-order chi connectivity index (χ1) is 12.9. The number of anilines is 1. The van der Waals surface area contributed by atoms with Crippen molar-refractivity contribution in [3.63, 3.8) is 0 Å². The second kappa shape index (κ2) is 8.44. The van der Waals surface area contributed by atoms with Gasteiger partial charge in [0.15, 0.2) is 0 Å². The number of aryl methyl sites for hydroxylation is 1. The number of hydrogen-bond donors (Lipinski definition) is 0. The van der Waals surface area contributed by atoms with Crippen molar-refractivity contribution >= 4 is 33.0 Å². The van der Waals surface area contributed by atoms with E-state index >= 15 is 0 Å². The van der Waals surface area contributed by atoms with E-state index in [0.717, 1.165) is 49.1 Å². The fourth-order valence-corrected chi connectivity index (χ4v) is 4.92. The Morgan fingerprint density at radius 2 is 1.89 bits per heavy atom. The van der Waals surface area contributed by atoms with E-state index in [0.29, 0.717) is 22.2 Å². The smallest absolute Gasteiger partial charge is 0.264 e. The highest BCUT2D eigenvalue weighted by Gasteiger charge is 2.29. The highest BCUT2D eigenvalue weighted by atomic mass is 35.5. The summed E-state index contributed by atoms with van der Waals surface area (Å²) in [5, 5.41) is 0.589. The fourth-order valence-electron chi connectivity index (χ4n) is 3.23. The molecule has 0 N–H and O–H groups in total. The highest BCUT2D eigenvalue weighted by Crippen LogP contribution is 2.33. The van der Waals surface area contributed by atoms with Crippen LogP contribution in [0.25, 0.3) is 0 Å². The number of sulfonamides is 1. The largest absolute Gasteiger partial charge is 0.289 e. The molecule has 6 heteroatoms. The van der Waals surface area contributed by atoms with Crippen molar-refractivity contribution in [3.8, 4) is 0 Å². The molecule has 0 aliphatic carbocycles. The number of halogens is 1. The molecule has 0 radical (unpaired) electrons. The lowest BCUT2D eigenvalue weighted by atomic mass is 10.1. The number of nitrogens with zero attached hydrogens (tertiary/aromatic N) is 2. The molecule has 0 spiro atoms. The van der Waals surface area contributed by atoms with Gasteiger partial charge in [0, 0.05) is 29.4 Å². The maximum absolute atomic E-state index is 13.3. The third-order valence-electron chi connectivity index (χ3n) is 4.74. The van der Waals surface area contributed by atoms with Crippen LogP contribution in [0.15, 0.2) is 52.4 Å². The highest BCUT2D eigenvalue weighted by molar-refractivity contribution is 7.92. The van der Waals surface area contributed by atoms with Crippen molar-refractivity contribution < 1.29 is 8.42 Å². The van der Waals surface area contributed by atoms with Crippen molar-refractivity contribution in [1.82, 2.24) is 0 Å². The zero-order valence-corrected chi connectivity index (χ0v) is 17.4. The Morgan fingerprint density at radius 3 is 2.59 bits per heavy atom. The lowest BCUT2D eigenvalue weighted by Crippen LogP contribution is -2.31. The number of benzene rings is 2. The maximum Gasteiger partial charge on any atom is 0.264 e. The molecular weight excluding hydrogens is 380 g/mol. The third kappa shape index (κ3) is 4.36. The van der Waals surface area contributed by atoms with Crippen LogP contribution in [0.1, 0.15) is 43.7 Å². The summed E-state index contributed by atoms with van der Waals surface area (Å²) in [5.74, 6) is 0. The molecule has 1 aliphatic rings. The lowest BCUT2D eigenvalue weighted by Gasteiger charge is -2.24. The number of unbranched alkanes of at least 4 members (excludes halogenated alkanes) is 1. The molecule has 0 saturated carbocycles. The number of fused-ring (bicyclic) bond motifs is 1. The van der Waals surface area contributed by atoms with Crippen molar-refractivity contribution in [1.29, 1.82) is 0 Å². The quantitative estimate of drug-likeness (QED) is 0.641. The summed E-state index contributed by atoms with van der Waals surface area (Å²) in [7, 11) is -3.64. The summed E-state index contributed by atoms with van der Waals surface area (Å²) < 4.78 is 28.1. The average Bonchev–Trinajstić information content (AvgIpc) is 2.82. The van der Waals surface area contributed by atoms with Gasteiger partial charge in [-0.3, -0.25) is 9.30 Å². The predicted molar refractivity (Wildman–Crippen MR) is 113 cm³/mol. The van der Waals surface area contributed by atoms with Gasteiger partial charge in [0.25, 0.3) is 10.0 Å². The normalized spacial score (nSPS) is 16.3. The van der Waals surface area contributed by atoms with Gasteiger partial charge in [0.1, 0.15) is 0 Å². The second-order valence-electron chi connectivity index (χ2n) is 6.84. The van der Waals surface area contributed by atoms with E-state index in [9.17, 15) is 8.42 Å². The van der Waals surface area contributed by atoms with Crippen LogP contribution in [0.3, 0.4) is 0 Å². The minimum Gasteiger partial charge on any atom is -0.289 e. The molecule has 27 heavy (non-hydrogen) atoms. The fraction of sp³-hybridized carbons (Fsp3) is 0.381. The Labute approximate surface area is 166 Å². The summed E-state index contributed by atoms with van der Waals surface area (Å²) in [4.78, 5) is 5.06. The molecule has 144 valence electrons. The van der Waals surface area contributed by atoms with Gasteiger partial charge in [0.2, 0.25) is 0 Å². The van der Waals surface area contributed by atoms with Crippen LogP contribution in [-0.4, -0.2) is 27.2 Å². The van der Waals surface area contributed by atoms with Gasteiger partial charge in [0.05, 0.1) is 10.6 Å². The number of hydrogen-bond acceptors (Lipinski definition) is 3. The molecule has 0 atom stereocenters. The molecule has 2 aromatic rings. The molecule has 1 heterocycles. The van der Waals surface area contributed by atoms with Crippen molar-refractivity contribution in [3.05, 3.63) is 58.6 Å². The van der Waals surface area contributed by atoms with Gasteiger partial charge >= 0.3 is 0 Å². The Morgan fingerprint density at radius 1 is 1.15 bits per heavy atom. The molecule has 1 aliphatic heterocycles. The van der Waals surface area contributed by atoms with E-state index < -0.39 is 10.0 Å². The first kappa shape index (κ1) is 19.9. The molecule has 0 aromatic heterocycles. The zero-order valence-electron chi connectivity index (χ0n) is 15.8. The van der Waals surface area contributed by atoms with Crippen molar-refractivity contribution in [2.45, 2.75) is 44.4 Å². The van der Waals surface area contributed by atoms with Crippen LogP contribution in [0.2, 0.25) is 5.02 Å². The Kier molecular flexibility index (Phi) is 6.22. The van der Waals surface area contributed by atoms with E-state index in [-0.39, 0.29) is 0 Å². The van der Waals surface area contributed by atoms with E-state index in [1.807, 2.05) is 25.1 Å². The van der Waals surface area contributed by atoms with Crippen LogP contribution in [0.4, 0.5) is 5.69 Å².